The fourth-order valence-corrected chi connectivity index (χ4v) is 1.77. The van der Waals surface area contributed by atoms with Crippen molar-refractivity contribution in [2.75, 3.05) is 11.5 Å². The van der Waals surface area contributed by atoms with Gasteiger partial charge in [0.25, 0.3) is 0 Å². The van der Waals surface area contributed by atoms with Gasteiger partial charge < -0.3 is 0 Å². The van der Waals surface area contributed by atoms with E-state index in [1.807, 2.05) is 11.8 Å². The van der Waals surface area contributed by atoms with Gasteiger partial charge in [0.05, 0.1) is 0 Å². The summed E-state index contributed by atoms with van der Waals surface area (Å²) in [4.78, 5) is 0. The first-order chi connectivity index (χ1) is 5.31. The van der Waals surface area contributed by atoms with Crippen LogP contribution in [0.2, 0.25) is 0 Å². The lowest BCUT2D eigenvalue weighted by Crippen LogP contribution is -1.95. The van der Waals surface area contributed by atoms with Crippen molar-refractivity contribution in [2.24, 2.45) is 0 Å². The number of thioether (sulfide) groups is 1. The van der Waals surface area contributed by atoms with Crippen LogP contribution in [-0.2, 0) is 0 Å². The van der Waals surface area contributed by atoms with Gasteiger partial charge in [-0.25, -0.2) is 0 Å². The Labute approximate surface area is 80.1 Å². The summed E-state index contributed by atoms with van der Waals surface area (Å²) in [6.07, 6.45) is 4.95. The normalized spacial score (nSPS) is 13.4. The van der Waals surface area contributed by atoms with E-state index >= 15 is 0 Å². The van der Waals surface area contributed by atoms with E-state index in [1.54, 1.807) is 0 Å². The Morgan fingerprint density at radius 1 is 1.27 bits per heavy atom. The Bertz CT molecular complexity index is 76.0. The maximum atomic E-state index is 5.97. The van der Waals surface area contributed by atoms with Gasteiger partial charge in [0.1, 0.15) is 0 Å². The van der Waals surface area contributed by atoms with Crippen molar-refractivity contribution in [3.8, 4) is 0 Å². The molecule has 0 aliphatic heterocycles. The van der Waals surface area contributed by atoms with Crippen molar-refractivity contribution in [3.05, 3.63) is 0 Å². The van der Waals surface area contributed by atoms with Crippen LogP contribution in [0.1, 0.15) is 39.5 Å². The van der Waals surface area contributed by atoms with Gasteiger partial charge in [0.15, 0.2) is 0 Å². The van der Waals surface area contributed by atoms with Crippen LogP contribution >= 0.6 is 23.4 Å². The zero-order valence-electron chi connectivity index (χ0n) is 7.61. The lowest BCUT2D eigenvalue weighted by atomic mass is 10.2. The zero-order valence-corrected chi connectivity index (χ0v) is 9.18. The van der Waals surface area contributed by atoms with Crippen LogP contribution in [0.25, 0.3) is 0 Å². The molecule has 68 valence electrons. The molecule has 0 bridgehead atoms. The minimum absolute atomic E-state index is 0.418. The van der Waals surface area contributed by atoms with E-state index in [-0.39, 0.29) is 0 Å². The molecule has 0 aliphatic carbocycles. The van der Waals surface area contributed by atoms with Gasteiger partial charge >= 0.3 is 0 Å². The monoisotopic (exact) mass is 194 g/mol. The summed E-state index contributed by atoms with van der Waals surface area (Å²) < 4.78 is 0. The van der Waals surface area contributed by atoms with Gasteiger partial charge in [-0.15, -0.1) is 11.6 Å². The molecular weight excluding hydrogens is 176 g/mol. The summed E-state index contributed by atoms with van der Waals surface area (Å²) in [5.74, 6) is 2.56. The molecular formula is C9H19ClS. The molecule has 11 heavy (non-hydrogen) atoms. The molecule has 0 radical (unpaired) electrons. The van der Waals surface area contributed by atoms with Crippen LogP contribution in [-0.4, -0.2) is 16.9 Å². The second kappa shape index (κ2) is 8.73. The fourth-order valence-electron chi connectivity index (χ4n) is 0.918. The highest BCUT2D eigenvalue weighted by atomic mass is 35.5. The van der Waals surface area contributed by atoms with Crippen LogP contribution < -0.4 is 0 Å². The SMILES string of the molecule is CCSCCCCC(Cl)CC. The largest absolute Gasteiger partial charge is 0.162 e. The van der Waals surface area contributed by atoms with E-state index in [2.05, 4.69) is 13.8 Å². The first-order valence-electron chi connectivity index (χ1n) is 4.53. The van der Waals surface area contributed by atoms with Crippen molar-refractivity contribution >= 4 is 23.4 Å². The van der Waals surface area contributed by atoms with Gasteiger partial charge in [0.2, 0.25) is 0 Å². The molecule has 1 atom stereocenters. The average molecular weight is 195 g/mol. The van der Waals surface area contributed by atoms with E-state index in [9.17, 15) is 0 Å². The van der Waals surface area contributed by atoms with Gasteiger partial charge in [-0.05, 0) is 30.8 Å². The highest BCUT2D eigenvalue weighted by molar-refractivity contribution is 7.99. The second-order valence-electron chi connectivity index (χ2n) is 2.70. The van der Waals surface area contributed by atoms with Crippen molar-refractivity contribution in [1.29, 1.82) is 0 Å². The molecule has 0 saturated carbocycles. The van der Waals surface area contributed by atoms with Gasteiger partial charge in [0, 0.05) is 5.38 Å². The molecule has 2 heteroatoms. The second-order valence-corrected chi connectivity index (χ2v) is 4.71. The third kappa shape index (κ3) is 8.55. The van der Waals surface area contributed by atoms with E-state index in [4.69, 9.17) is 11.6 Å². The van der Waals surface area contributed by atoms with E-state index in [0.717, 1.165) is 6.42 Å². The van der Waals surface area contributed by atoms with Crippen molar-refractivity contribution in [2.45, 2.75) is 44.9 Å². The molecule has 0 rings (SSSR count). The quantitative estimate of drug-likeness (QED) is 0.437. The molecule has 0 aliphatic rings. The maximum Gasteiger partial charge on any atom is 0.0333 e. The first-order valence-corrected chi connectivity index (χ1v) is 6.12. The van der Waals surface area contributed by atoms with Crippen LogP contribution in [0.4, 0.5) is 0 Å². The van der Waals surface area contributed by atoms with Crippen LogP contribution in [0.5, 0.6) is 0 Å². The number of alkyl halides is 1. The minimum atomic E-state index is 0.418. The van der Waals surface area contributed by atoms with Crippen LogP contribution in [0.15, 0.2) is 0 Å². The fraction of sp³-hybridized carbons (Fsp3) is 1.00. The minimum Gasteiger partial charge on any atom is -0.162 e. The predicted octanol–water partition coefficient (Wildman–Crippen LogP) is 3.93. The Morgan fingerprint density at radius 2 is 2.00 bits per heavy atom. The molecule has 0 aromatic heterocycles. The van der Waals surface area contributed by atoms with E-state index < -0.39 is 0 Å². The highest BCUT2D eigenvalue weighted by Crippen LogP contribution is 2.12. The highest BCUT2D eigenvalue weighted by Gasteiger charge is 1.99. The smallest absolute Gasteiger partial charge is 0.0333 e. The van der Waals surface area contributed by atoms with E-state index in [1.165, 1.54) is 30.8 Å². The third-order valence-electron chi connectivity index (χ3n) is 1.70. The summed E-state index contributed by atoms with van der Waals surface area (Å²) in [6.45, 7) is 4.36. The zero-order chi connectivity index (χ0) is 8.53. The number of hydrogen-bond donors (Lipinski definition) is 0. The molecule has 0 spiro atoms. The lowest BCUT2D eigenvalue weighted by molar-refractivity contribution is 0.667. The molecule has 0 fully saturated rings. The number of halogens is 1. The number of rotatable bonds is 7. The Kier molecular flexibility index (Phi) is 9.24. The molecule has 0 aromatic carbocycles. The number of hydrogen-bond acceptors (Lipinski definition) is 1. The summed E-state index contributed by atoms with van der Waals surface area (Å²) in [5, 5.41) is 0.418. The average Bonchev–Trinajstić information content (AvgIpc) is 2.04. The topological polar surface area (TPSA) is 0 Å². The third-order valence-corrected chi connectivity index (χ3v) is 3.22. The first kappa shape index (κ1) is 11.6. The molecule has 0 aromatic rings. The van der Waals surface area contributed by atoms with Crippen LogP contribution in [0, 0.1) is 0 Å². The summed E-state index contributed by atoms with van der Waals surface area (Å²) in [5.41, 5.74) is 0. The van der Waals surface area contributed by atoms with Gasteiger partial charge in [-0.1, -0.05) is 20.3 Å². The Hall–Kier alpha value is 0.640. The molecule has 0 saturated heterocycles. The van der Waals surface area contributed by atoms with Crippen molar-refractivity contribution in [1.82, 2.24) is 0 Å². The molecule has 0 amide bonds. The van der Waals surface area contributed by atoms with E-state index in [0.29, 0.717) is 5.38 Å². The molecule has 0 heterocycles. The molecule has 0 nitrogen and oxygen atoms in total. The Morgan fingerprint density at radius 3 is 2.55 bits per heavy atom. The van der Waals surface area contributed by atoms with Gasteiger partial charge in [-0.2, -0.15) is 11.8 Å². The van der Waals surface area contributed by atoms with Crippen LogP contribution in [0.3, 0.4) is 0 Å². The predicted molar refractivity (Wildman–Crippen MR) is 56.8 cm³/mol. The lowest BCUT2D eigenvalue weighted by Gasteiger charge is -2.04. The number of unbranched alkanes of at least 4 members (excludes halogenated alkanes) is 1. The summed E-state index contributed by atoms with van der Waals surface area (Å²) in [6, 6.07) is 0. The standard InChI is InChI=1S/C9H19ClS/c1-3-9(10)7-5-6-8-11-4-2/h9H,3-8H2,1-2H3. The summed E-state index contributed by atoms with van der Waals surface area (Å²) in [7, 11) is 0. The summed E-state index contributed by atoms with van der Waals surface area (Å²) >= 11 is 8.00. The van der Waals surface area contributed by atoms with Crippen molar-refractivity contribution < 1.29 is 0 Å². The molecule has 1 unspecified atom stereocenters. The van der Waals surface area contributed by atoms with Gasteiger partial charge in [-0.3, -0.25) is 0 Å². The maximum absolute atomic E-state index is 5.97. The Balaban J connectivity index is 2.89. The molecule has 0 N–H and O–H groups in total. The van der Waals surface area contributed by atoms with Crippen molar-refractivity contribution in [3.63, 3.8) is 0 Å².